The monoisotopic (exact) mass is 1070 g/mol. The smallest absolute Gasteiger partial charge is 0.251 e. The van der Waals surface area contributed by atoms with Crippen LogP contribution < -0.4 is 25.4 Å². The van der Waals surface area contributed by atoms with Gasteiger partial charge >= 0.3 is 0 Å². The number of nitrogens with zero attached hydrogens (tertiary/aromatic N) is 6. The van der Waals surface area contributed by atoms with Crippen molar-refractivity contribution < 1.29 is 19.1 Å². The standard InChI is InChI=1S/C28H29ClN4O2.C23H25BrClN3O2.C5H6N2/c1-27(2)14-18(15-28(3,4)33-27)12-24(34)19-8-9-26(23(29)13-19)35-25-7-5-6-21(22(25)16-30)20-10-11-31-32-17-20;1-22(2)11-15(12-23(3,4)28-22)27-21(29)14-8-9-20(18(25)10-14)30-19-7-5-6-17(24)16(19)13-26;1-5-2-3-6-7-4-5/h5-11,13,17-18,33H,12,14-15H2,1-4H3;5-10,15,28H,11-12H2,1-4H3,(H,27,29);2-4H,1H3. The first-order valence-electron chi connectivity index (χ1n) is 23.6. The average Bonchev–Trinajstić information content (AvgIpc) is 3.29. The van der Waals surface area contributed by atoms with E-state index in [2.05, 4.69) is 120 Å². The van der Waals surface area contributed by atoms with Crippen LogP contribution in [0.2, 0.25) is 10.0 Å². The molecular weight excluding hydrogens is 1010 g/mol. The summed E-state index contributed by atoms with van der Waals surface area (Å²) in [6.45, 7) is 19.3. The van der Waals surface area contributed by atoms with Gasteiger partial charge in [0.15, 0.2) is 5.78 Å². The molecule has 16 heteroatoms. The van der Waals surface area contributed by atoms with Gasteiger partial charge in [0.2, 0.25) is 0 Å². The Labute approximate surface area is 441 Å². The number of nitriles is 2. The first-order chi connectivity index (χ1) is 34.0. The van der Waals surface area contributed by atoms with Crippen molar-refractivity contribution in [3.05, 3.63) is 152 Å². The molecular formula is C56H60BrCl2N9O4. The van der Waals surface area contributed by atoms with E-state index >= 15 is 0 Å². The molecule has 0 atom stereocenters. The summed E-state index contributed by atoms with van der Waals surface area (Å²) in [7, 11) is 0. The van der Waals surface area contributed by atoms with Crippen LogP contribution in [0.25, 0.3) is 11.1 Å². The molecule has 0 spiro atoms. The van der Waals surface area contributed by atoms with Gasteiger partial charge in [0, 0.05) is 67.5 Å². The SMILES string of the molecule is CC1(C)CC(CC(=O)c2ccc(Oc3cccc(-c4ccnnc4)c3C#N)c(Cl)c2)CC(C)(C)N1.CC1(C)CC(NC(=O)c2ccc(Oc3cccc(Br)c3C#N)c(Cl)c2)CC(C)(C)N1.Cc1ccnnc1. The predicted octanol–water partition coefficient (Wildman–Crippen LogP) is 13.2. The number of carbonyl (C=O) groups excluding carboxylic acids is 2. The van der Waals surface area contributed by atoms with E-state index in [1.807, 2.05) is 19.1 Å². The van der Waals surface area contributed by atoms with Crippen LogP contribution in [0.3, 0.4) is 0 Å². The zero-order chi connectivity index (χ0) is 52.4. The molecule has 2 aromatic heterocycles. The number of rotatable bonds is 10. The summed E-state index contributed by atoms with van der Waals surface area (Å²) >= 11 is 16.2. The highest BCUT2D eigenvalue weighted by Crippen LogP contribution is 2.39. The summed E-state index contributed by atoms with van der Waals surface area (Å²) in [5.41, 5.74) is 4.24. The van der Waals surface area contributed by atoms with E-state index in [0.717, 1.165) is 36.8 Å². The van der Waals surface area contributed by atoms with Gasteiger partial charge in [-0.15, -0.1) is 0 Å². The van der Waals surface area contributed by atoms with Crippen molar-refractivity contribution >= 4 is 50.8 Å². The molecule has 2 saturated heterocycles. The molecule has 0 aliphatic carbocycles. The van der Waals surface area contributed by atoms with Crippen molar-refractivity contribution in [1.82, 2.24) is 36.3 Å². The van der Waals surface area contributed by atoms with Crippen LogP contribution in [0.15, 0.2) is 114 Å². The highest BCUT2D eigenvalue weighted by Gasteiger charge is 2.39. The molecule has 0 unspecified atom stereocenters. The third kappa shape index (κ3) is 15.4. The maximum Gasteiger partial charge on any atom is 0.251 e. The molecule has 374 valence electrons. The maximum absolute atomic E-state index is 13.1. The van der Waals surface area contributed by atoms with E-state index in [1.54, 1.807) is 97.6 Å². The summed E-state index contributed by atoms with van der Waals surface area (Å²) in [4.78, 5) is 25.9. The molecule has 8 rings (SSSR count). The molecule has 2 aliphatic heterocycles. The molecule has 0 radical (unpaired) electrons. The maximum atomic E-state index is 13.1. The summed E-state index contributed by atoms with van der Waals surface area (Å²) in [5.74, 6) is 1.74. The quantitative estimate of drug-likeness (QED) is 0.110. The summed E-state index contributed by atoms with van der Waals surface area (Å²) in [5, 5.41) is 45.1. The number of benzene rings is 4. The number of ketones is 1. The van der Waals surface area contributed by atoms with Crippen molar-refractivity contribution in [3.63, 3.8) is 0 Å². The number of ether oxygens (including phenoxy) is 2. The average molecular weight is 1070 g/mol. The van der Waals surface area contributed by atoms with E-state index in [-0.39, 0.29) is 39.9 Å². The Morgan fingerprint density at radius 1 is 0.667 bits per heavy atom. The van der Waals surface area contributed by atoms with E-state index in [4.69, 9.17) is 32.7 Å². The lowest BCUT2D eigenvalue weighted by Crippen LogP contribution is -2.62. The Bertz CT molecular complexity index is 2940. The van der Waals surface area contributed by atoms with E-state index in [0.29, 0.717) is 77.7 Å². The number of aromatic nitrogens is 4. The number of hydrogen-bond acceptors (Lipinski definition) is 12. The van der Waals surface area contributed by atoms with Crippen LogP contribution >= 0.6 is 39.1 Å². The molecule has 0 bridgehead atoms. The lowest BCUT2D eigenvalue weighted by molar-refractivity contribution is 0.0856. The minimum atomic E-state index is -0.165. The Morgan fingerprint density at radius 3 is 1.68 bits per heavy atom. The van der Waals surface area contributed by atoms with Crippen LogP contribution in [0, 0.1) is 35.5 Å². The summed E-state index contributed by atoms with van der Waals surface area (Å²) in [6.07, 6.45) is 10.6. The van der Waals surface area contributed by atoms with Crippen molar-refractivity contribution in [2.45, 2.75) is 123 Å². The number of aryl methyl sites for hydroxylation is 1. The molecule has 4 heterocycles. The molecule has 13 nitrogen and oxygen atoms in total. The second kappa shape index (κ2) is 23.5. The minimum Gasteiger partial charge on any atom is -0.454 e. The Hall–Kier alpha value is -6.26. The van der Waals surface area contributed by atoms with Crippen LogP contribution in [-0.2, 0) is 0 Å². The Balaban J connectivity index is 0.000000209. The number of halogens is 3. The molecule has 1 amide bonds. The van der Waals surface area contributed by atoms with Gasteiger partial charge in [-0.2, -0.15) is 30.9 Å². The van der Waals surface area contributed by atoms with E-state index in [1.165, 1.54) is 0 Å². The van der Waals surface area contributed by atoms with Gasteiger partial charge in [-0.1, -0.05) is 41.4 Å². The second-order valence-electron chi connectivity index (χ2n) is 20.8. The molecule has 2 aliphatic rings. The van der Waals surface area contributed by atoms with Crippen molar-refractivity contribution in [2.24, 2.45) is 5.92 Å². The largest absolute Gasteiger partial charge is 0.454 e. The van der Waals surface area contributed by atoms with Gasteiger partial charge in [0.25, 0.3) is 5.91 Å². The Kier molecular flexibility index (Phi) is 18.0. The molecule has 0 saturated carbocycles. The lowest BCUT2D eigenvalue weighted by atomic mass is 9.74. The van der Waals surface area contributed by atoms with Crippen molar-refractivity contribution in [1.29, 1.82) is 10.5 Å². The highest BCUT2D eigenvalue weighted by atomic mass is 79.9. The fourth-order valence-electron chi connectivity index (χ4n) is 9.95. The topological polar surface area (TPSA) is 188 Å². The number of carbonyl (C=O) groups is 2. The predicted molar refractivity (Wildman–Crippen MR) is 286 cm³/mol. The normalized spacial score (nSPS) is 16.5. The summed E-state index contributed by atoms with van der Waals surface area (Å²) in [6, 6.07) is 28.7. The van der Waals surface area contributed by atoms with E-state index in [9.17, 15) is 20.1 Å². The third-order valence-electron chi connectivity index (χ3n) is 12.0. The third-order valence-corrected chi connectivity index (χ3v) is 13.3. The van der Waals surface area contributed by atoms with Crippen molar-refractivity contribution in [3.8, 4) is 46.3 Å². The van der Waals surface area contributed by atoms with E-state index < -0.39 is 0 Å². The highest BCUT2D eigenvalue weighted by molar-refractivity contribution is 9.10. The number of piperidine rings is 2. The van der Waals surface area contributed by atoms with Crippen molar-refractivity contribution in [2.75, 3.05) is 0 Å². The van der Waals surface area contributed by atoms with Crippen LogP contribution in [-0.4, -0.2) is 60.3 Å². The van der Waals surface area contributed by atoms with Gasteiger partial charge in [-0.25, -0.2) is 0 Å². The van der Waals surface area contributed by atoms with Gasteiger partial charge in [-0.3, -0.25) is 9.59 Å². The zero-order valence-corrected chi connectivity index (χ0v) is 45.1. The van der Waals surface area contributed by atoms with Gasteiger partial charge in [0.05, 0.1) is 28.6 Å². The molecule has 4 aromatic carbocycles. The zero-order valence-electron chi connectivity index (χ0n) is 42.0. The first kappa shape index (κ1) is 55.1. The van der Waals surface area contributed by atoms with Crippen LogP contribution in [0.1, 0.15) is 125 Å². The molecule has 2 fully saturated rings. The number of Topliss-reactive ketones (excluding diaryl/α,β-unsaturated/α-hetero) is 1. The fraction of sp³-hybridized carbons (Fsp3) is 0.357. The van der Waals surface area contributed by atoms with Crippen LogP contribution in [0.4, 0.5) is 0 Å². The number of amides is 1. The summed E-state index contributed by atoms with van der Waals surface area (Å²) < 4.78 is 12.5. The number of hydrogen-bond donors (Lipinski definition) is 3. The van der Waals surface area contributed by atoms with Crippen LogP contribution in [0.5, 0.6) is 23.0 Å². The van der Waals surface area contributed by atoms with Gasteiger partial charge in [-0.05, 0) is 182 Å². The van der Waals surface area contributed by atoms with Gasteiger partial charge < -0.3 is 25.4 Å². The molecule has 6 aromatic rings. The fourth-order valence-corrected chi connectivity index (χ4v) is 10.8. The molecule has 3 N–H and O–H groups in total. The minimum absolute atomic E-state index is 0.0125. The molecule has 72 heavy (non-hydrogen) atoms. The first-order valence-corrected chi connectivity index (χ1v) is 25.1. The van der Waals surface area contributed by atoms with Gasteiger partial charge in [0.1, 0.15) is 46.3 Å². The Morgan fingerprint density at radius 2 is 1.18 bits per heavy atom. The second-order valence-corrected chi connectivity index (χ2v) is 22.5. The lowest BCUT2D eigenvalue weighted by Gasteiger charge is -2.46. The number of nitrogens with one attached hydrogen (secondary N) is 3.